The van der Waals surface area contributed by atoms with Crippen LogP contribution in [0.25, 0.3) is 0 Å². The predicted molar refractivity (Wildman–Crippen MR) is 79.3 cm³/mol. The largest absolute Gasteiger partial charge is 0.384 e. The number of ether oxygens (including phenoxy) is 1. The molecule has 0 radical (unpaired) electrons. The van der Waals surface area contributed by atoms with E-state index in [0.29, 0.717) is 19.4 Å². The number of rotatable bonds is 8. The monoisotopic (exact) mass is 330 g/mol. The topological polar surface area (TPSA) is 44.1 Å². The Labute approximate surface area is 123 Å². The van der Waals surface area contributed by atoms with Crippen LogP contribution in [-0.4, -0.2) is 29.3 Å². The van der Waals surface area contributed by atoms with E-state index in [1.165, 1.54) is 0 Å². The molecule has 4 nitrogen and oxygen atoms in total. The fourth-order valence-electron chi connectivity index (χ4n) is 2.18. The van der Waals surface area contributed by atoms with Gasteiger partial charge in [-0.05, 0) is 35.2 Å². The van der Waals surface area contributed by atoms with Gasteiger partial charge in [-0.3, -0.25) is 9.48 Å². The van der Waals surface area contributed by atoms with Crippen molar-refractivity contribution < 1.29 is 9.53 Å². The maximum Gasteiger partial charge on any atom is 0.139 e. The molecule has 108 valence electrons. The molecule has 0 fully saturated rings. The zero-order chi connectivity index (χ0) is 14.4. The molecule has 1 heterocycles. The number of aryl methyl sites for hydroxylation is 2. The molecule has 0 amide bonds. The molecule has 1 unspecified atom stereocenters. The lowest BCUT2D eigenvalue weighted by Crippen LogP contribution is -2.15. The summed E-state index contributed by atoms with van der Waals surface area (Å²) < 4.78 is 7.97. The number of hydrogen-bond acceptors (Lipinski definition) is 3. The summed E-state index contributed by atoms with van der Waals surface area (Å²) in [6, 6.07) is 0. The molecule has 0 saturated carbocycles. The van der Waals surface area contributed by atoms with Crippen LogP contribution < -0.4 is 0 Å². The zero-order valence-electron chi connectivity index (χ0n) is 12.2. The van der Waals surface area contributed by atoms with Crippen molar-refractivity contribution in [3.63, 3.8) is 0 Å². The molecular formula is C14H23BrN2O2. The quantitative estimate of drug-likeness (QED) is 0.735. The summed E-state index contributed by atoms with van der Waals surface area (Å²) in [5.41, 5.74) is 2.02. The average Bonchev–Trinajstić information content (AvgIpc) is 2.66. The molecule has 0 spiro atoms. The second-order valence-corrected chi connectivity index (χ2v) is 5.65. The van der Waals surface area contributed by atoms with Crippen molar-refractivity contribution in [1.82, 2.24) is 9.78 Å². The smallest absolute Gasteiger partial charge is 0.139 e. The van der Waals surface area contributed by atoms with Crippen LogP contribution in [0.1, 0.15) is 38.6 Å². The minimum atomic E-state index is 0.238. The molecule has 1 rings (SSSR count). The molecule has 1 aromatic heterocycles. The molecule has 0 aliphatic carbocycles. The molecule has 0 aliphatic heterocycles. The first-order valence-electron chi connectivity index (χ1n) is 6.78. The van der Waals surface area contributed by atoms with Crippen LogP contribution in [0.3, 0.4) is 0 Å². The van der Waals surface area contributed by atoms with Crippen molar-refractivity contribution in [2.24, 2.45) is 5.92 Å². The normalized spacial score (nSPS) is 12.7. The summed E-state index contributed by atoms with van der Waals surface area (Å²) in [5.74, 6) is 0.502. The van der Waals surface area contributed by atoms with Gasteiger partial charge in [-0.25, -0.2) is 0 Å². The van der Waals surface area contributed by atoms with Gasteiger partial charge in [0.05, 0.1) is 15.9 Å². The van der Waals surface area contributed by atoms with Crippen molar-refractivity contribution in [2.75, 3.05) is 13.7 Å². The van der Waals surface area contributed by atoms with Crippen molar-refractivity contribution in [1.29, 1.82) is 0 Å². The molecular weight excluding hydrogens is 308 g/mol. The highest BCUT2D eigenvalue weighted by molar-refractivity contribution is 9.10. The molecule has 1 aromatic rings. The van der Waals surface area contributed by atoms with Crippen LogP contribution in [0.2, 0.25) is 0 Å². The maximum absolute atomic E-state index is 12.1. The minimum Gasteiger partial charge on any atom is -0.384 e. The van der Waals surface area contributed by atoms with Gasteiger partial charge in [0.2, 0.25) is 0 Å². The Kier molecular flexibility index (Phi) is 6.72. The van der Waals surface area contributed by atoms with Crippen molar-refractivity contribution >= 4 is 21.7 Å². The standard InChI is InChI=1S/C14H23BrN2O2/c1-5-12-14(15)13(17(6-2)16-12)8-11(18)7-10(3)9-19-4/h10H,5-9H2,1-4H3. The number of hydrogen-bond donors (Lipinski definition) is 0. The van der Waals surface area contributed by atoms with Crippen LogP contribution in [-0.2, 0) is 28.9 Å². The van der Waals surface area contributed by atoms with Gasteiger partial charge < -0.3 is 4.74 Å². The summed E-state index contributed by atoms with van der Waals surface area (Å²) in [6.07, 6.45) is 1.86. The number of methoxy groups -OCH3 is 1. The fourth-order valence-corrected chi connectivity index (χ4v) is 2.88. The summed E-state index contributed by atoms with van der Waals surface area (Å²) >= 11 is 3.57. The Morgan fingerprint density at radius 1 is 1.47 bits per heavy atom. The van der Waals surface area contributed by atoms with Crippen molar-refractivity contribution in [3.8, 4) is 0 Å². The Morgan fingerprint density at radius 2 is 2.16 bits per heavy atom. The van der Waals surface area contributed by atoms with Gasteiger partial charge in [-0.15, -0.1) is 0 Å². The third kappa shape index (κ3) is 4.42. The number of carbonyl (C=O) groups excluding carboxylic acids is 1. The predicted octanol–water partition coefficient (Wildman–Crippen LogP) is 3.01. The maximum atomic E-state index is 12.1. The highest BCUT2D eigenvalue weighted by Gasteiger charge is 2.18. The van der Waals surface area contributed by atoms with Gasteiger partial charge in [-0.1, -0.05) is 13.8 Å². The van der Waals surface area contributed by atoms with Gasteiger partial charge in [-0.2, -0.15) is 5.10 Å². The van der Waals surface area contributed by atoms with E-state index in [-0.39, 0.29) is 11.7 Å². The third-order valence-corrected chi connectivity index (χ3v) is 4.00. The second-order valence-electron chi connectivity index (χ2n) is 4.86. The first kappa shape index (κ1) is 16.4. The van der Waals surface area contributed by atoms with Gasteiger partial charge in [0.1, 0.15) is 5.78 Å². The van der Waals surface area contributed by atoms with Crippen LogP contribution in [0.5, 0.6) is 0 Å². The molecule has 0 saturated heterocycles. The van der Waals surface area contributed by atoms with Crippen LogP contribution in [0.4, 0.5) is 0 Å². The van der Waals surface area contributed by atoms with E-state index in [2.05, 4.69) is 28.0 Å². The molecule has 5 heteroatoms. The number of ketones is 1. The van der Waals surface area contributed by atoms with E-state index in [1.807, 2.05) is 18.5 Å². The molecule has 1 atom stereocenters. The highest BCUT2D eigenvalue weighted by Crippen LogP contribution is 2.23. The van der Waals surface area contributed by atoms with Gasteiger partial charge in [0, 0.05) is 33.1 Å². The molecule has 0 aromatic carbocycles. The molecule has 0 bridgehead atoms. The molecule has 0 aliphatic rings. The molecule has 19 heavy (non-hydrogen) atoms. The number of nitrogens with zero attached hydrogens (tertiary/aromatic N) is 2. The highest BCUT2D eigenvalue weighted by atomic mass is 79.9. The number of aromatic nitrogens is 2. The third-order valence-electron chi connectivity index (χ3n) is 3.09. The SMILES string of the molecule is CCc1nn(CC)c(CC(=O)CC(C)COC)c1Br. The Hall–Kier alpha value is -0.680. The van der Waals surface area contributed by atoms with Crippen LogP contribution >= 0.6 is 15.9 Å². The van der Waals surface area contributed by atoms with Crippen molar-refractivity contribution in [2.45, 2.75) is 46.6 Å². The first-order valence-corrected chi connectivity index (χ1v) is 7.57. The van der Waals surface area contributed by atoms with Crippen molar-refractivity contribution in [3.05, 3.63) is 15.9 Å². The summed E-state index contributed by atoms with van der Waals surface area (Å²) in [6.45, 7) is 7.56. The fraction of sp³-hybridized carbons (Fsp3) is 0.714. The first-order chi connectivity index (χ1) is 9.03. The lowest BCUT2D eigenvalue weighted by molar-refractivity contribution is -0.119. The summed E-state index contributed by atoms with van der Waals surface area (Å²) in [7, 11) is 1.66. The number of carbonyl (C=O) groups is 1. The van der Waals surface area contributed by atoms with E-state index in [9.17, 15) is 4.79 Å². The van der Waals surface area contributed by atoms with E-state index in [4.69, 9.17) is 4.74 Å². The van der Waals surface area contributed by atoms with E-state index >= 15 is 0 Å². The van der Waals surface area contributed by atoms with E-state index in [1.54, 1.807) is 7.11 Å². The number of Topliss-reactive ketones (excluding diaryl/α,β-unsaturated/α-hetero) is 1. The minimum absolute atomic E-state index is 0.238. The Bertz CT molecular complexity index is 429. The second kappa shape index (κ2) is 7.80. The van der Waals surface area contributed by atoms with Gasteiger partial charge >= 0.3 is 0 Å². The summed E-state index contributed by atoms with van der Waals surface area (Å²) in [5, 5.41) is 4.51. The van der Waals surface area contributed by atoms with Crippen LogP contribution in [0, 0.1) is 5.92 Å². The average molecular weight is 331 g/mol. The Morgan fingerprint density at radius 3 is 2.68 bits per heavy atom. The van der Waals surface area contributed by atoms with Gasteiger partial charge in [0.15, 0.2) is 0 Å². The molecule has 0 N–H and O–H groups in total. The lowest BCUT2D eigenvalue weighted by Gasteiger charge is -2.10. The van der Waals surface area contributed by atoms with E-state index in [0.717, 1.165) is 28.8 Å². The zero-order valence-corrected chi connectivity index (χ0v) is 13.8. The van der Waals surface area contributed by atoms with Gasteiger partial charge in [0.25, 0.3) is 0 Å². The number of halogens is 1. The Balaban J connectivity index is 2.75. The van der Waals surface area contributed by atoms with E-state index < -0.39 is 0 Å². The van der Waals surface area contributed by atoms with Crippen LogP contribution in [0.15, 0.2) is 4.47 Å². The lowest BCUT2D eigenvalue weighted by atomic mass is 10.0. The summed E-state index contributed by atoms with van der Waals surface area (Å²) in [4.78, 5) is 12.1.